The number of carbonyl (C=O) groups is 3. The summed E-state index contributed by atoms with van der Waals surface area (Å²) in [6.45, 7) is 3.34. The van der Waals surface area contributed by atoms with Gasteiger partial charge in [0.2, 0.25) is 0 Å². The van der Waals surface area contributed by atoms with Gasteiger partial charge in [0.15, 0.2) is 6.61 Å². The Hall–Kier alpha value is -2.38. The summed E-state index contributed by atoms with van der Waals surface area (Å²) >= 11 is 7.04. The van der Waals surface area contributed by atoms with Gasteiger partial charge in [0.1, 0.15) is 5.00 Å². The van der Waals surface area contributed by atoms with E-state index in [1.807, 2.05) is 13.8 Å². The zero-order chi connectivity index (χ0) is 19.3. The van der Waals surface area contributed by atoms with Crippen LogP contribution in [0.2, 0.25) is 5.02 Å². The van der Waals surface area contributed by atoms with Gasteiger partial charge in [-0.15, -0.1) is 11.3 Å². The van der Waals surface area contributed by atoms with Gasteiger partial charge < -0.3 is 15.8 Å². The summed E-state index contributed by atoms with van der Waals surface area (Å²) in [6.07, 6.45) is 0. The molecular weight excluding hydrogens is 376 g/mol. The van der Waals surface area contributed by atoms with Crippen molar-refractivity contribution in [3.8, 4) is 0 Å². The van der Waals surface area contributed by atoms with E-state index < -0.39 is 30.3 Å². The third-order valence-electron chi connectivity index (χ3n) is 3.68. The molecule has 0 aliphatic carbocycles. The first-order chi connectivity index (χ1) is 12.3. The normalized spacial score (nSPS) is 11.8. The molecule has 1 heterocycles. The molecule has 0 saturated heterocycles. The van der Waals surface area contributed by atoms with Crippen molar-refractivity contribution in [1.29, 1.82) is 0 Å². The van der Waals surface area contributed by atoms with Gasteiger partial charge in [-0.05, 0) is 35.1 Å². The van der Waals surface area contributed by atoms with Crippen LogP contribution in [0.5, 0.6) is 0 Å². The van der Waals surface area contributed by atoms with Crippen LogP contribution in [-0.4, -0.2) is 24.4 Å². The molecule has 8 heteroatoms. The van der Waals surface area contributed by atoms with Gasteiger partial charge in [-0.2, -0.15) is 0 Å². The van der Waals surface area contributed by atoms with E-state index in [9.17, 15) is 14.4 Å². The van der Waals surface area contributed by atoms with Crippen LogP contribution in [-0.2, 0) is 14.3 Å². The lowest BCUT2D eigenvalue weighted by atomic mass is 9.88. The number of rotatable bonds is 7. The standard InChI is InChI=1S/C18H19ClN2O4S/c1-10(2)15(11-3-5-12(19)6-4-11)18(24)25-9-14(22)21-17-13(16(20)23)7-8-26-17/h3-8,10,15H,9H2,1-2H3,(H2,20,23)(H,21,22)/t15-/m0/s1. The summed E-state index contributed by atoms with van der Waals surface area (Å²) in [5.74, 6) is -2.21. The number of nitrogens with one attached hydrogen (secondary N) is 1. The number of esters is 1. The van der Waals surface area contributed by atoms with Crippen molar-refractivity contribution >= 4 is 45.7 Å². The van der Waals surface area contributed by atoms with Gasteiger partial charge in [-0.1, -0.05) is 37.6 Å². The van der Waals surface area contributed by atoms with Crippen LogP contribution in [0.1, 0.15) is 35.7 Å². The molecule has 0 aliphatic rings. The van der Waals surface area contributed by atoms with Gasteiger partial charge in [0, 0.05) is 5.02 Å². The van der Waals surface area contributed by atoms with Crippen LogP contribution < -0.4 is 11.1 Å². The number of hydrogen-bond donors (Lipinski definition) is 2. The maximum Gasteiger partial charge on any atom is 0.314 e. The minimum absolute atomic E-state index is 0.0227. The minimum atomic E-state index is -0.638. The molecule has 1 atom stereocenters. The molecule has 138 valence electrons. The Labute approximate surface area is 160 Å². The Morgan fingerprint density at radius 3 is 2.42 bits per heavy atom. The molecule has 0 fully saturated rings. The van der Waals surface area contributed by atoms with Gasteiger partial charge >= 0.3 is 5.97 Å². The number of benzene rings is 1. The van der Waals surface area contributed by atoms with Gasteiger partial charge in [-0.3, -0.25) is 14.4 Å². The largest absolute Gasteiger partial charge is 0.455 e. The Balaban J connectivity index is 1.99. The smallest absolute Gasteiger partial charge is 0.314 e. The predicted molar refractivity (Wildman–Crippen MR) is 101 cm³/mol. The Bertz CT molecular complexity index is 802. The average molecular weight is 395 g/mol. The number of ether oxygens (including phenoxy) is 1. The molecule has 2 aromatic rings. The number of nitrogens with two attached hydrogens (primary N) is 1. The minimum Gasteiger partial charge on any atom is -0.455 e. The molecule has 2 amide bonds. The fraction of sp³-hybridized carbons (Fsp3) is 0.278. The van der Waals surface area contributed by atoms with Crippen molar-refractivity contribution in [3.63, 3.8) is 0 Å². The highest BCUT2D eigenvalue weighted by molar-refractivity contribution is 7.14. The third kappa shape index (κ3) is 5.06. The molecule has 2 rings (SSSR count). The highest BCUT2D eigenvalue weighted by atomic mass is 35.5. The maximum atomic E-state index is 12.4. The lowest BCUT2D eigenvalue weighted by molar-refractivity contribution is -0.149. The lowest BCUT2D eigenvalue weighted by Gasteiger charge is -2.19. The molecule has 26 heavy (non-hydrogen) atoms. The quantitative estimate of drug-likeness (QED) is 0.703. The van der Waals surface area contributed by atoms with Crippen molar-refractivity contribution in [3.05, 3.63) is 51.9 Å². The van der Waals surface area contributed by atoms with Gasteiger partial charge in [0.05, 0.1) is 11.5 Å². The zero-order valence-corrected chi connectivity index (χ0v) is 15.9. The van der Waals surface area contributed by atoms with E-state index >= 15 is 0 Å². The molecule has 0 bridgehead atoms. The van der Waals surface area contributed by atoms with Crippen molar-refractivity contribution in [2.45, 2.75) is 19.8 Å². The average Bonchev–Trinajstić information content (AvgIpc) is 3.03. The first-order valence-electron chi connectivity index (χ1n) is 7.88. The number of amides is 2. The molecule has 0 spiro atoms. The number of anilines is 1. The maximum absolute atomic E-state index is 12.4. The number of halogens is 1. The molecular formula is C18H19ClN2O4S. The molecule has 6 nitrogen and oxygen atoms in total. The summed E-state index contributed by atoms with van der Waals surface area (Å²) in [5.41, 5.74) is 6.21. The third-order valence-corrected chi connectivity index (χ3v) is 4.76. The first-order valence-corrected chi connectivity index (χ1v) is 9.14. The molecule has 0 radical (unpaired) electrons. The van der Waals surface area contributed by atoms with Crippen LogP contribution in [0.15, 0.2) is 35.7 Å². The summed E-state index contributed by atoms with van der Waals surface area (Å²) in [5, 5.41) is 5.07. The number of thiophene rings is 1. The highest BCUT2D eigenvalue weighted by Crippen LogP contribution is 2.27. The lowest BCUT2D eigenvalue weighted by Crippen LogP contribution is -2.26. The van der Waals surface area contributed by atoms with Crippen LogP contribution in [0.3, 0.4) is 0 Å². The predicted octanol–water partition coefficient (Wildman–Crippen LogP) is 3.42. The molecule has 0 unspecified atom stereocenters. The first kappa shape index (κ1) is 19.9. The van der Waals surface area contributed by atoms with Crippen molar-refractivity contribution < 1.29 is 19.1 Å². The molecule has 1 aromatic carbocycles. The van der Waals surface area contributed by atoms with Crippen LogP contribution in [0.4, 0.5) is 5.00 Å². The monoisotopic (exact) mass is 394 g/mol. The van der Waals surface area contributed by atoms with Crippen LogP contribution in [0.25, 0.3) is 0 Å². The second kappa shape index (κ2) is 8.82. The Morgan fingerprint density at radius 2 is 1.85 bits per heavy atom. The topological polar surface area (TPSA) is 98.5 Å². The zero-order valence-electron chi connectivity index (χ0n) is 14.3. The fourth-order valence-corrected chi connectivity index (χ4v) is 3.39. The van der Waals surface area contributed by atoms with Crippen LogP contribution >= 0.6 is 22.9 Å². The van der Waals surface area contributed by atoms with E-state index in [1.165, 1.54) is 6.07 Å². The summed E-state index contributed by atoms with van der Waals surface area (Å²) < 4.78 is 5.17. The molecule has 0 aliphatic heterocycles. The van der Waals surface area contributed by atoms with Crippen LogP contribution in [0, 0.1) is 5.92 Å². The molecule has 0 saturated carbocycles. The van der Waals surface area contributed by atoms with Gasteiger partial charge in [-0.25, -0.2) is 0 Å². The van der Waals surface area contributed by atoms with E-state index in [2.05, 4.69) is 5.32 Å². The molecule has 3 N–H and O–H groups in total. The highest BCUT2D eigenvalue weighted by Gasteiger charge is 2.26. The summed E-state index contributed by atoms with van der Waals surface area (Å²) in [6, 6.07) is 8.45. The second-order valence-electron chi connectivity index (χ2n) is 5.96. The summed E-state index contributed by atoms with van der Waals surface area (Å²) in [4.78, 5) is 35.7. The van der Waals surface area contributed by atoms with E-state index in [0.29, 0.717) is 10.0 Å². The fourth-order valence-electron chi connectivity index (χ4n) is 2.45. The van der Waals surface area contributed by atoms with Crippen molar-refractivity contribution in [1.82, 2.24) is 0 Å². The Kier molecular flexibility index (Phi) is 6.76. The number of hydrogen-bond acceptors (Lipinski definition) is 5. The SMILES string of the molecule is CC(C)[C@H](C(=O)OCC(=O)Nc1sccc1C(N)=O)c1ccc(Cl)cc1. The summed E-state index contributed by atoms with van der Waals surface area (Å²) in [7, 11) is 0. The van der Waals surface area contributed by atoms with E-state index in [-0.39, 0.29) is 11.5 Å². The molecule has 1 aromatic heterocycles. The second-order valence-corrected chi connectivity index (χ2v) is 7.31. The van der Waals surface area contributed by atoms with Gasteiger partial charge in [0.25, 0.3) is 11.8 Å². The van der Waals surface area contributed by atoms with E-state index in [4.69, 9.17) is 22.1 Å². The number of primary amides is 1. The van der Waals surface area contributed by atoms with E-state index in [1.54, 1.807) is 29.6 Å². The van der Waals surface area contributed by atoms with Crippen molar-refractivity contribution in [2.75, 3.05) is 11.9 Å². The van der Waals surface area contributed by atoms with E-state index in [0.717, 1.165) is 16.9 Å². The van der Waals surface area contributed by atoms with Crippen molar-refractivity contribution in [2.24, 2.45) is 11.7 Å². The Morgan fingerprint density at radius 1 is 1.19 bits per heavy atom. The number of carbonyl (C=O) groups excluding carboxylic acids is 3.